The molecule has 24 heavy (non-hydrogen) atoms. The smallest absolute Gasteiger partial charge is 0.239 e. The van der Waals surface area contributed by atoms with E-state index in [-0.39, 0.29) is 36.6 Å². The van der Waals surface area contributed by atoms with Crippen molar-refractivity contribution in [1.82, 2.24) is 4.90 Å². The molecule has 1 aliphatic heterocycles. The number of nitrogens with zero attached hydrogens (tertiary/aromatic N) is 1. The highest BCUT2D eigenvalue weighted by molar-refractivity contribution is 7.90. The molecular weight excluding hydrogens is 375 g/mol. The summed E-state index contributed by atoms with van der Waals surface area (Å²) in [5.41, 5.74) is 5.81. The molecule has 1 amide bonds. The van der Waals surface area contributed by atoms with Crippen molar-refractivity contribution >= 4 is 39.8 Å². The first-order valence-electron chi connectivity index (χ1n) is 7.39. The second kappa shape index (κ2) is 8.89. The fraction of sp³-hybridized carbons (Fsp3) is 0.533. The third-order valence-electron chi connectivity index (χ3n) is 3.70. The summed E-state index contributed by atoms with van der Waals surface area (Å²) in [4.78, 5) is 13.9. The normalized spacial score (nSPS) is 18.8. The molecule has 0 radical (unpaired) electrons. The van der Waals surface area contributed by atoms with Gasteiger partial charge in [0.2, 0.25) is 5.91 Å². The third-order valence-corrected chi connectivity index (χ3v) is 4.99. The first-order chi connectivity index (χ1) is 10.8. The van der Waals surface area contributed by atoms with Gasteiger partial charge in [-0.05, 0) is 18.6 Å². The van der Waals surface area contributed by atoms with Crippen molar-refractivity contribution in [3.63, 3.8) is 0 Å². The fourth-order valence-electron chi connectivity index (χ4n) is 2.44. The van der Waals surface area contributed by atoms with Crippen molar-refractivity contribution in [2.24, 2.45) is 5.73 Å². The van der Waals surface area contributed by atoms with Crippen molar-refractivity contribution < 1.29 is 17.9 Å². The number of ether oxygens (including phenoxy) is 1. The summed E-state index contributed by atoms with van der Waals surface area (Å²) in [5.74, 6) is 0.265. The number of amides is 1. The van der Waals surface area contributed by atoms with Crippen LogP contribution in [0.2, 0.25) is 5.02 Å². The topological polar surface area (TPSA) is 89.7 Å². The molecule has 0 aliphatic carbocycles. The van der Waals surface area contributed by atoms with Gasteiger partial charge in [0.15, 0.2) is 0 Å². The van der Waals surface area contributed by atoms with Crippen molar-refractivity contribution in [2.45, 2.75) is 25.0 Å². The first kappa shape index (κ1) is 21.0. The van der Waals surface area contributed by atoms with Crippen LogP contribution in [0, 0.1) is 0 Å². The zero-order valence-electron chi connectivity index (χ0n) is 13.4. The van der Waals surface area contributed by atoms with Crippen LogP contribution >= 0.6 is 24.0 Å². The Kier molecular flexibility index (Phi) is 7.79. The van der Waals surface area contributed by atoms with Gasteiger partial charge in [-0.25, -0.2) is 8.42 Å². The predicted octanol–water partition coefficient (Wildman–Crippen LogP) is 1.50. The number of benzene rings is 1. The Morgan fingerprint density at radius 2 is 2.12 bits per heavy atom. The predicted molar refractivity (Wildman–Crippen MR) is 96.6 cm³/mol. The largest absolute Gasteiger partial charge is 0.487 e. The van der Waals surface area contributed by atoms with Crippen LogP contribution in [0.15, 0.2) is 24.3 Å². The molecule has 2 rings (SSSR count). The minimum absolute atomic E-state index is 0. The number of halogens is 2. The lowest BCUT2D eigenvalue weighted by atomic mass is 10.2. The highest BCUT2D eigenvalue weighted by Gasteiger charge is 2.30. The van der Waals surface area contributed by atoms with Gasteiger partial charge in [0.25, 0.3) is 0 Å². The lowest BCUT2D eigenvalue weighted by Crippen LogP contribution is -2.44. The summed E-state index contributed by atoms with van der Waals surface area (Å²) in [6.45, 7) is 0.969. The number of hydrogen-bond donors (Lipinski definition) is 1. The van der Waals surface area contributed by atoms with E-state index in [1.165, 1.54) is 0 Å². The molecule has 1 heterocycles. The van der Waals surface area contributed by atoms with Gasteiger partial charge >= 0.3 is 0 Å². The number of sulfone groups is 1. The second-order valence-electron chi connectivity index (χ2n) is 5.77. The molecule has 6 nitrogen and oxygen atoms in total. The molecular formula is C15H22Cl2N2O4S. The number of nitrogens with two attached hydrogens (primary N) is 1. The Morgan fingerprint density at radius 1 is 1.46 bits per heavy atom. The van der Waals surface area contributed by atoms with Crippen LogP contribution in [0.1, 0.15) is 12.8 Å². The Morgan fingerprint density at radius 3 is 2.75 bits per heavy atom. The quantitative estimate of drug-likeness (QED) is 0.786. The fourth-order valence-corrected chi connectivity index (χ4v) is 3.31. The maximum atomic E-state index is 12.3. The molecule has 1 aliphatic rings. The molecule has 9 heteroatoms. The van der Waals surface area contributed by atoms with E-state index >= 15 is 0 Å². The van der Waals surface area contributed by atoms with Crippen LogP contribution in [0.3, 0.4) is 0 Å². The Bertz CT molecular complexity index is 669. The molecule has 0 bridgehead atoms. The van der Waals surface area contributed by atoms with E-state index in [9.17, 15) is 13.2 Å². The number of likely N-dealkylation sites (tertiary alicyclic amines) is 1. The monoisotopic (exact) mass is 396 g/mol. The zero-order valence-corrected chi connectivity index (χ0v) is 15.7. The van der Waals surface area contributed by atoms with Crippen molar-refractivity contribution in [1.29, 1.82) is 0 Å². The Hall–Kier alpha value is -1.02. The molecule has 0 aromatic heterocycles. The summed E-state index contributed by atoms with van der Waals surface area (Å²) < 4.78 is 28.1. The molecule has 136 valence electrons. The summed E-state index contributed by atoms with van der Waals surface area (Å²) in [5, 5.41) is 0.530. The molecule has 0 saturated carbocycles. The van der Waals surface area contributed by atoms with E-state index in [4.69, 9.17) is 22.1 Å². The number of carbonyl (C=O) groups excluding carboxylic acids is 1. The van der Waals surface area contributed by atoms with E-state index in [0.717, 1.165) is 6.26 Å². The first-order valence-corrected chi connectivity index (χ1v) is 9.83. The second-order valence-corrected chi connectivity index (χ2v) is 8.44. The molecule has 0 spiro atoms. The summed E-state index contributed by atoms with van der Waals surface area (Å²) in [6, 6.07) is 6.38. The Labute approximate surface area is 153 Å². The maximum Gasteiger partial charge on any atom is 0.239 e. The van der Waals surface area contributed by atoms with Gasteiger partial charge < -0.3 is 15.4 Å². The molecule has 2 atom stereocenters. The van der Waals surface area contributed by atoms with Crippen molar-refractivity contribution in [3.8, 4) is 5.75 Å². The standard InChI is InChI=1S/C15H21ClN2O4S.ClH/c1-23(20,21)9-7-13(17)15(19)18-8-6-11(10-18)22-14-5-3-2-4-12(14)16;/h2-5,11,13H,6-10,17H2,1H3;1H. The van der Waals surface area contributed by atoms with Gasteiger partial charge in [-0.15, -0.1) is 12.4 Å². The van der Waals surface area contributed by atoms with E-state index in [1.54, 1.807) is 17.0 Å². The molecule has 1 saturated heterocycles. The highest BCUT2D eigenvalue weighted by Crippen LogP contribution is 2.26. The lowest BCUT2D eigenvalue weighted by molar-refractivity contribution is -0.131. The Balaban J connectivity index is 0.00000288. The lowest BCUT2D eigenvalue weighted by Gasteiger charge is -2.21. The van der Waals surface area contributed by atoms with Gasteiger partial charge in [-0.3, -0.25) is 4.79 Å². The number of para-hydroxylation sites is 1. The van der Waals surface area contributed by atoms with Crippen LogP contribution in [-0.2, 0) is 14.6 Å². The third kappa shape index (κ3) is 6.12. The molecule has 1 aromatic rings. The SMILES string of the molecule is CS(=O)(=O)CCC(N)C(=O)N1CCC(Oc2ccccc2Cl)C1.Cl. The van der Waals surface area contributed by atoms with E-state index < -0.39 is 15.9 Å². The van der Waals surface area contributed by atoms with Gasteiger partial charge in [0.05, 0.1) is 23.4 Å². The van der Waals surface area contributed by atoms with Gasteiger partial charge in [0, 0.05) is 19.2 Å². The molecule has 1 fully saturated rings. The van der Waals surface area contributed by atoms with Crippen LogP contribution in [-0.4, -0.2) is 56.5 Å². The van der Waals surface area contributed by atoms with E-state index in [0.29, 0.717) is 30.3 Å². The highest BCUT2D eigenvalue weighted by atomic mass is 35.5. The molecule has 2 N–H and O–H groups in total. The number of hydrogen-bond acceptors (Lipinski definition) is 5. The van der Waals surface area contributed by atoms with Gasteiger partial charge in [-0.1, -0.05) is 23.7 Å². The van der Waals surface area contributed by atoms with Crippen molar-refractivity contribution in [2.75, 3.05) is 25.1 Å². The van der Waals surface area contributed by atoms with Crippen LogP contribution < -0.4 is 10.5 Å². The minimum Gasteiger partial charge on any atom is -0.487 e. The average Bonchev–Trinajstić information content (AvgIpc) is 2.94. The minimum atomic E-state index is -3.12. The maximum absolute atomic E-state index is 12.3. The zero-order chi connectivity index (χ0) is 17.0. The van der Waals surface area contributed by atoms with Crippen molar-refractivity contribution in [3.05, 3.63) is 29.3 Å². The molecule has 1 aromatic carbocycles. The summed E-state index contributed by atoms with van der Waals surface area (Å²) in [7, 11) is -3.12. The van der Waals surface area contributed by atoms with Gasteiger partial charge in [-0.2, -0.15) is 0 Å². The van der Waals surface area contributed by atoms with Gasteiger partial charge in [0.1, 0.15) is 21.7 Å². The van der Waals surface area contributed by atoms with Crippen LogP contribution in [0.5, 0.6) is 5.75 Å². The summed E-state index contributed by atoms with van der Waals surface area (Å²) >= 11 is 6.05. The number of rotatable bonds is 6. The number of carbonyl (C=O) groups is 1. The van der Waals surface area contributed by atoms with Crippen LogP contribution in [0.4, 0.5) is 0 Å². The van der Waals surface area contributed by atoms with E-state index in [1.807, 2.05) is 12.1 Å². The average molecular weight is 397 g/mol. The van der Waals surface area contributed by atoms with E-state index in [2.05, 4.69) is 0 Å². The summed E-state index contributed by atoms with van der Waals surface area (Å²) in [6.07, 6.45) is 1.81. The van der Waals surface area contributed by atoms with Crippen LogP contribution in [0.25, 0.3) is 0 Å². The molecule has 2 unspecified atom stereocenters.